The highest BCUT2D eigenvalue weighted by Gasteiger charge is 2.22. The fraction of sp³-hybridized carbons (Fsp3) is 0.400. The van der Waals surface area contributed by atoms with Crippen LogP contribution in [0, 0.1) is 0 Å². The van der Waals surface area contributed by atoms with E-state index in [0.29, 0.717) is 5.56 Å². The van der Waals surface area contributed by atoms with Crippen molar-refractivity contribution in [2.45, 2.75) is 26.2 Å². The van der Waals surface area contributed by atoms with E-state index in [1.807, 2.05) is 11.0 Å². The van der Waals surface area contributed by atoms with Gasteiger partial charge < -0.3 is 9.80 Å². The molecule has 0 bridgehead atoms. The Hall–Kier alpha value is -2.36. The van der Waals surface area contributed by atoms with E-state index in [1.165, 1.54) is 11.3 Å². The maximum absolute atomic E-state index is 12.5. The molecule has 0 N–H and O–H groups in total. The lowest BCUT2D eigenvalue weighted by Gasteiger charge is -2.36. The Morgan fingerprint density at radius 3 is 2.21 bits per heavy atom. The zero-order chi connectivity index (χ0) is 17.2. The minimum Gasteiger partial charge on any atom is -0.368 e. The third kappa shape index (κ3) is 3.58. The predicted molar refractivity (Wildman–Crippen MR) is 97.5 cm³/mol. The van der Waals surface area contributed by atoms with Crippen LogP contribution in [-0.2, 0) is 5.41 Å². The number of carbonyl (C=O) groups excluding carboxylic acids is 1. The van der Waals surface area contributed by atoms with Gasteiger partial charge in [-0.25, -0.2) is 0 Å². The number of hydrogen-bond acceptors (Lipinski definition) is 3. The van der Waals surface area contributed by atoms with Crippen LogP contribution in [-0.4, -0.2) is 42.0 Å². The maximum atomic E-state index is 12.5. The molecule has 4 nitrogen and oxygen atoms in total. The lowest BCUT2D eigenvalue weighted by atomic mass is 9.87. The first-order valence-electron chi connectivity index (χ1n) is 8.50. The number of rotatable bonds is 2. The van der Waals surface area contributed by atoms with Crippen molar-refractivity contribution in [3.05, 3.63) is 59.9 Å². The fourth-order valence-corrected chi connectivity index (χ4v) is 3.01. The molecular weight excluding hydrogens is 298 g/mol. The molecule has 1 saturated heterocycles. The van der Waals surface area contributed by atoms with Crippen LogP contribution in [0.1, 0.15) is 36.7 Å². The molecule has 2 heterocycles. The van der Waals surface area contributed by atoms with E-state index >= 15 is 0 Å². The van der Waals surface area contributed by atoms with E-state index in [4.69, 9.17) is 0 Å². The lowest BCUT2D eigenvalue weighted by Crippen LogP contribution is -2.48. The highest BCUT2D eigenvalue weighted by molar-refractivity contribution is 5.94. The molecular formula is C20H25N3O. The molecule has 1 aliphatic heterocycles. The number of nitrogens with zero attached hydrogens (tertiary/aromatic N) is 3. The summed E-state index contributed by atoms with van der Waals surface area (Å²) in [7, 11) is 0. The Kier molecular flexibility index (Phi) is 4.56. The number of piperazine rings is 1. The van der Waals surface area contributed by atoms with E-state index in [0.717, 1.165) is 26.2 Å². The summed E-state index contributed by atoms with van der Waals surface area (Å²) in [6.45, 7) is 9.89. The van der Waals surface area contributed by atoms with Crippen LogP contribution >= 0.6 is 0 Å². The largest absolute Gasteiger partial charge is 0.368 e. The van der Waals surface area contributed by atoms with E-state index in [1.54, 1.807) is 18.5 Å². The molecule has 0 aliphatic carbocycles. The van der Waals surface area contributed by atoms with Gasteiger partial charge in [0.15, 0.2) is 0 Å². The summed E-state index contributed by atoms with van der Waals surface area (Å²) in [5.41, 5.74) is 3.42. The van der Waals surface area contributed by atoms with E-state index < -0.39 is 0 Å². The van der Waals surface area contributed by atoms with Gasteiger partial charge in [0, 0.05) is 44.3 Å². The highest BCUT2D eigenvalue weighted by atomic mass is 16.2. The van der Waals surface area contributed by atoms with Gasteiger partial charge >= 0.3 is 0 Å². The lowest BCUT2D eigenvalue weighted by molar-refractivity contribution is 0.0746. The van der Waals surface area contributed by atoms with Crippen LogP contribution < -0.4 is 4.90 Å². The molecule has 0 radical (unpaired) electrons. The van der Waals surface area contributed by atoms with Crippen molar-refractivity contribution in [1.82, 2.24) is 9.88 Å². The smallest absolute Gasteiger partial charge is 0.255 e. The average Bonchev–Trinajstić information content (AvgIpc) is 2.61. The monoisotopic (exact) mass is 323 g/mol. The maximum Gasteiger partial charge on any atom is 0.255 e. The first-order chi connectivity index (χ1) is 11.4. The molecule has 1 aromatic carbocycles. The normalized spacial score (nSPS) is 15.5. The summed E-state index contributed by atoms with van der Waals surface area (Å²) >= 11 is 0. The number of anilines is 1. The fourth-order valence-electron chi connectivity index (χ4n) is 3.01. The Labute approximate surface area is 144 Å². The first-order valence-corrected chi connectivity index (χ1v) is 8.50. The third-order valence-corrected chi connectivity index (χ3v) is 4.57. The number of amides is 1. The molecule has 0 unspecified atom stereocenters. The third-order valence-electron chi connectivity index (χ3n) is 4.57. The molecule has 1 aliphatic rings. The van der Waals surface area contributed by atoms with Gasteiger partial charge in [-0.3, -0.25) is 9.78 Å². The van der Waals surface area contributed by atoms with Gasteiger partial charge in [-0.2, -0.15) is 0 Å². The second kappa shape index (κ2) is 6.63. The van der Waals surface area contributed by atoms with Crippen molar-refractivity contribution in [3.8, 4) is 0 Å². The first kappa shape index (κ1) is 16.5. The Morgan fingerprint density at radius 1 is 1.00 bits per heavy atom. The molecule has 24 heavy (non-hydrogen) atoms. The van der Waals surface area contributed by atoms with Gasteiger partial charge in [0.1, 0.15) is 0 Å². The van der Waals surface area contributed by atoms with Crippen LogP contribution in [0.3, 0.4) is 0 Å². The summed E-state index contributed by atoms with van der Waals surface area (Å²) in [6.07, 6.45) is 3.33. The number of carbonyl (C=O) groups is 1. The topological polar surface area (TPSA) is 36.4 Å². The second-order valence-electron chi connectivity index (χ2n) is 7.32. The zero-order valence-corrected chi connectivity index (χ0v) is 14.7. The minimum atomic E-state index is 0.0748. The van der Waals surface area contributed by atoms with E-state index in [2.05, 4.69) is 54.9 Å². The van der Waals surface area contributed by atoms with Crippen molar-refractivity contribution >= 4 is 11.6 Å². The second-order valence-corrected chi connectivity index (χ2v) is 7.32. The zero-order valence-electron chi connectivity index (χ0n) is 14.7. The molecule has 0 atom stereocenters. The van der Waals surface area contributed by atoms with Gasteiger partial charge in [-0.05, 0) is 35.2 Å². The van der Waals surface area contributed by atoms with Crippen molar-refractivity contribution in [1.29, 1.82) is 0 Å². The molecule has 3 rings (SSSR count). The van der Waals surface area contributed by atoms with Crippen molar-refractivity contribution in [2.75, 3.05) is 31.1 Å². The summed E-state index contributed by atoms with van der Waals surface area (Å²) in [5.74, 6) is 0.0748. The van der Waals surface area contributed by atoms with Gasteiger partial charge in [0.2, 0.25) is 0 Å². The molecule has 1 aromatic heterocycles. The number of benzene rings is 1. The van der Waals surface area contributed by atoms with Crippen LogP contribution in [0.5, 0.6) is 0 Å². The SMILES string of the molecule is CC(C)(C)c1ccc(N2CCN(C(=O)c3cccnc3)CC2)cc1. The quantitative estimate of drug-likeness (QED) is 0.850. The van der Waals surface area contributed by atoms with Crippen molar-refractivity contribution in [3.63, 3.8) is 0 Å². The van der Waals surface area contributed by atoms with Gasteiger partial charge in [0.25, 0.3) is 5.91 Å². The number of pyridine rings is 1. The molecule has 0 saturated carbocycles. The standard InChI is InChI=1S/C20H25N3O/c1-20(2,3)17-6-8-18(9-7-17)22-11-13-23(14-12-22)19(24)16-5-4-10-21-15-16/h4-10,15H,11-14H2,1-3H3. The molecule has 1 fully saturated rings. The van der Waals surface area contributed by atoms with Crippen LogP contribution in [0.15, 0.2) is 48.8 Å². The Bertz CT molecular complexity index is 681. The summed E-state index contributed by atoms with van der Waals surface area (Å²) in [4.78, 5) is 20.8. The van der Waals surface area contributed by atoms with Gasteiger partial charge in [-0.1, -0.05) is 32.9 Å². The summed E-state index contributed by atoms with van der Waals surface area (Å²) in [6, 6.07) is 12.4. The van der Waals surface area contributed by atoms with Crippen molar-refractivity contribution < 1.29 is 4.79 Å². The summed E-state index contributed by atoms with van der Waals surface area (Å²) in [5, 5.41) is 0. The van der Waals surface area contributed by atoms with Crippen LogP contribution in [0.25, 0.3) is 0 Å². The predicted octanol–water partition coefficient (Wildman–Crippen LogP) is 3.34. The Morgan fingerprint density at radius 2 is 1.67 bits per heavy atom. The number of hydrogen-bond donors (Lipinski definition) is 0. The molecule has 0 spiro atoms. The van der Waals surface area contributed by atoms with E-state index in [9.17, 15) is 4.79 Å². The molecule has 126 valence electrons. The molecule has 1 amide bonds. The van der Waals surface area contributed by atoms with Crippen LogP contribution in [0.4, 0.5) is 5.69 Å². The van der Waals surface area contributed by atoms with Gasteiger partial charge in [0.05, 0.1) is 5.56 Å². The molecule has 4 heteroatoms. The highest BCUT2D eigenvalue weighted by Crippen LogP contribution is 2.25. The summed E-state index contributed by atoms with van der Waals surface area (Å²) < 4.78 is 0. The van der Waals surface area contributed by atoms with Crippen LogP contribution in [0.2, 0.25) is 0 Å². The van der Waals surface area contributed by atoms with Crippen molar-refractivity contribution in [2.24, 2.45) is 0 Å². The Balaban J connectivity index is 1.62. The number of aromatic nitrogens is 1. The van der Waals surface area contributed by atoms with E-state index in [-0.39, 0.29) is 11.3 Å². The van der Waals surface area contributed by atoms with Gasteiger partial charge in [-0.15, -0.1) is 0 Å². The molecule has 2 aromatic rings. The average molecular weight is 323 g/mol. The minimum absolute atomic E-state index is 0.0748.